The van der Waals surface area contributed by atoms with Gasteiger partial charge in [-0.25, -0.2) is 4.79 Å². The lowest BCUT2D eigenvalue weighted by molar-refractivity contribution is -0.389. The van der Waals surface area contributed by atoms with E-state index in [0.29, 0.717) is 22.6 Å². The second kappa shape index (κ2) is 8.05. The quantitative estimate of drug-likeness (QED) is 0.358. The lowest BCUT2D eigenvalue weighted by atomic mass is 10.1. The van der Waals surface area contributed by atoms with Crippen LogP contribution in [-0.4, -0.2) is 49.8 Å². The van der Waals surface area contributed by atoms with Crippen LogP contribution in [0, 0.1) is 10.1 Å². The van der Waals surface area contributed by atoms with E-state index >= 15 is 0 Å². The van der Waals surface area contributed by atoms with E-state index in [1.54, 1.807) is 25.1 Å². The Bertz CT molecular complexity index is 1030. The van der Waals surface area contributed by atoms with Crippen LogP contribution in [0.4, 0.5) is 5.82 Å². The number of H-pyrrole nitrogens is 1. The zero-order chi connectivity index (χ0) is 20.3. The van der Waals surface area contributed by atoms with Crippen molar-refractivity contribution in [2.75, 3.05) is 13.7 Å². The molecular weight excluding hydrogens is 392 g/mol. The maximum atomic E-state index is 12.0. The lowest BCUT2D eigenvalue weighted by Gasteiger charge is -2.09. The highest BCUT2D eigenvalue weighted by Crippen LogP contribution is 2.29. The minimum Gasteiger partial charge on any atom is -0.496 e. The number of ether oxygens (including phenoxy) is 2. The molecule has 1 aromatic carbocycles. The number of benzene rings is 1. The second-order valence-corrected chi connectivity index (χ2v) is 5.93. The van der Waals surface area contributed by atoms with Gasteiger partial charge in [0.25, 0.3) is 0 Å². The summed E-state index contributed by atoms with van der Waals surface area (Å²) in [6.07, 6.45) is 1.35. The average Bonchev–Trinajstić information content (AvgIpc) is 3.28. The number of carbonyl (C=O) groups excluding carboxylic acids is 1. The summed E-state index contributed by atoms with van der Waals surface area (Å²) in [6, 6.07) is 5.12. The van der Waals surface area contributed by atoms with E-state index in [1.807, 2.05) is 0 Å². The van der Waals surface area contributed by atoms with Gasteiger partial charge in [-0.15, -0.1) is 5.10 Å². The van der Waals surface area contributed by atoms with Gasteiger partial charge in [0.15, 0.2) is 10.7 Å². The standard InChI is InChI=1S/C16H15ClN6O5/c1-3-28-16(24)14-13(18-21-19-14)9-4-5-12(27-2)10(6-9)7-22-8-11(17)15(20-22)23(25)26/h4-6,8H,3,7H2,1-2H3,(H,18,19,21). The fourth-order valence-corrected chi connectivity index (χ4v) is 2.81. The Morgan fingerprint density at radius 1 is 1.39 bits per heavy atom. The number of aromatic nitrogens is 5. The van der Waals surface area contributed by atoms with Crippen molar-refractivity contribution >= 4 is 23.4 Å². The fourth-order valence-electron chi connectivity index (χ4n) is 2.59. The number of methoxy groups -OCH3 is 1. The molecule has 0 aliphatic carbocycles. The van der Waals surface area contributed by atoms with E-state index in [1.165, 1.54) is 18.0 Å². The van der Waals surface area contributed by atoms with Crippen molar-refractivity contribution < 1.29 is 19.2 Å². The largest absolute Gasteiger partial charge is 0.496 e. The summed E-state index contributed by atoms with van der Waals surface area (Å²) in [6.45, 7) is 2.05. The van der Waals surface area contributed by atoms with Crippen LogP contribution in [0.1, 0.15) is 23.0 Å². The number of hydrogen-bond donors (Lipinski definition) is 1. The van der Waals surface area contributed by atoms with Gasteiger partial charge in [0.1, 0.15) is 11.4 Å². The average molecular weight is 407 g/mol. The molecule has 1 N–H and O–H groups in total. The van der Waals surface area contributed by atoms with Gasteiger partial charge < -0.3 is 19.6 Å². The molecule has 3 aromatic rings. The zero-order valence-corrected chi connectivity index (χ0v) is 15.6. The highest BCUT2D eigenvalue weighted by molar-refractivity contribution is 6.32. The first-order valence-electron chi connectivity index (χ1n) is 8.07. The monoisotopic (exact) mass is 406 g/mol. The highest BCUT2D eigenvalue weighted by atomic mass is 35.5. The highest BCUT2D eigenvalue weighted by Gasteiger charge is 2.22. The maximum absolute atomic E-state index is 12.0. The SMILES string of the molecule is CCOC(=O)c1n[nH]nc1-c1ccc(OC)c(Cn2cc(Cl)c([N+](=O)[O-])n2)c1. The second-order valence-electron chi connectivity index (χ2n) is 5.52. The molecule has 2 aromatic heterocycles. The topological polar surface area (TPSA) is 138 Å². The summed E-state index contributed by atoms with van der Waals surface area (Å²) in [5.41, 5.74) is 1.59. The molecule has 0 aliphatic rings. The first kappa shape index (κ1) is 19.3. The van der Waals surface area contributed by atoms with Gasteiger partial charge in [-0.2, -0.15) is 15.0 Å². The molecule has 28 heavy (non-hydrogen) atoms. The lowest BCUT2D eigenvalue weighted by Crippen LogP contribution is -2.07. The third-order valence-electron chi connectivity index (χ3n) is 3.77. The van der Waals surface area contributed by atoms with Crippen LogP contribution in [-0.2, 0) is 11.3 Å². The van der Waals surface area contributed by atoms with E-state index in [0.717, 1.165) is 0 Å². The number of carbonyl (C=O) groups is 1. The van der Waals surface area contributed by atoms with Crippen LogP contribution in [0.15, 0.2) is 24.4 Å². The molecular formula is C16H15ClN6O5. The molecule has 0 spiro atoms. The number of nitrogens with zero attached hydrogens (tertiary/aromatic N) is 5. The van der Waals surface area contributed by atoms with Crippen LogP contribution in [0.5, 0.6) is 5.75 Å². The third kappa shape index (κ3) is 3.78. The summed E-state index contributed by atoms with van der Waals surface area (Å²) in [5.74, 6) is -0.504. The molecule has 146 valence electrons. The molecule has 0 radical (unpaired) electrons. The number of halogens is 1. The van der Waals surface area contributed by atoms with Gasteiger partial charge in [-0.3, -0.25) is 0 Å². The number of hydrogen-bond acceptors (Lipinski definition) is 8. The Labute approximate surface area is 163 Å². The maximum Gasteiger partial charge on any atom is 0.408 e. The molecule has 0 atom stereocenters. The molecule has 0 unspecified atom stereocenters. The van der Waals surface area contributed by atoms with Gasteiger partial charge >= 0.3 is 11.8 Å². The van der Waals surface area contributed by atoms with Crippen molar-refractivity contribution in [1.29, 1.82) is 0 Å². The number of aromatic amines is 1. The first-order valence-corrected chi connectivity index (χ1v) is 8.44. The third-order valence-corrected chi connectivity index (χ3v) is 4.04. The molecule has 0 fully saturated rings. The first-order chi connectivity index (χ1) is 13.4. The van der Waals surface area contributed by atoms with Crippen molar-refractivity contribution in [3.05, 3.63) is 50.8 Å². The van der Waals surface area contributed by atoms with Crippen molar-refractivity contribution in [2.45, 2.75) is 13.5 Å². The normalized spacial score (nSPS) is 10.7. The van der Waals surface area contributed by atoms with E-state index < -0.39 is 16.7 Å². The van der Waals surface area contributed by atoms with Crippen molar-refractivity contribution in [3.8, 4) is 17.0 Å². The number of nitrogens with one attached hydrogen (secondary N) is 1. The number of nitro groups is 1. The van der Waals surface area contributed by atoms with Gasteiger partial charge in [-0.05, 0) is 30.0 Å². The summed E-state index contributed by atoms with van der Waals surface area (Å²) in [7, 11) is 1.50. The van der Waals surface area contributed by atoms with Crippen LogP contribution in [0.3, 0.4) is 0 Å². The molecule has 11 nitrogen and oxygen atoms in total. The number of esters is 1. The molecule has 2 heterocycles. The summed E-state index contributed by atoms with van der Waals surface area (Å²) >= 11 is 5.85. The number of rotatable bonds is 7. The van der Waals surface area contributed by atoms with Crippen molar-refractivity contribution in [3.63, 3.8) is 0 Å². The van der Waals surface area contributed by atoms with Crippen LogP contribution in [0.25, 0.3) is 11.3 Å². The Morgan fingerprint density at radius 3 is 2.82 bits per heavy atom. The Balaban J connectivity index is 1.98. The van der Waals surface area contributed by atoms with Crippen LogP contribution in [0.2, 0.25) is 5.02 Å². The van der Waals surface area contributed by atoms with E-state index in [2.05, 4.69) is 20.5 Å². The Morgan fingerprint density at radius 2 is 2.18 bits per heavy atom. The predicted molar refractivity (Wildman–Crippen MR) is 97.3 cm³/mol. The predicted octanol–water partition coefficient (Wildman–Crippen LogP) is 2.46. The van der Waals surface area contributed by atoms with E-state index in [9.17, 15) is 14.9 Å². The molecule has 0 aliphatic heterocycles. The van der Waals surface area contributed by atoms with Gasteiger partial charge in [0, 0.05) is 11.1 Å². The minimum atomic E-state index is -0.659. The minimum absolute atomic E-state index is 0.0516. The van der Waals surface area contributed by atoms with Gasteiger partial charge in [0.2, 0.25) is 0 Å². The summed E-state index contributed by atoms with van der Waals surface area (Å²) in [5, 5.41) is 25.0. The Kier molecular flexibility index (Phi) is 5.54. The van der Waals surface area contributed by atoms with E-state index in [4.69, 9.17) is 21.1 Å². The molecule has 12 heteroatoms. The van der Waals surface area contributed by atoms with Gasteiger partial charge in [0.05, 0.1) is 31.6 Å². The fraction of sp³-hybridized carbons (Fsp3) is 0.250. The van der Waals surface area contributed by atoms with Crippen LogP contribution >= 0.6 is 11.6 Å². The van der Waals surface area contributed by atoms with Crippen molar-refractivity contribution in [2.24, 2.45) is 0 Å². The van der Waals surface area contributed by atoms with Crippen molar-refractivity contribution in [1.82, 2.24) is 25.2 Å². The molecule has 3 rings (SSSR count). The molecule has 0 saturated heterocycles. The molecule has 0 amide bonds. The van der Waals surface area contributed by atoms with Gasteiger partial charge in [-0.1, -0.05) is 11.6 Å². The molecule has 0 bridgehead atoms. The van der Waals surface area contributed by atoms with Crippen LogP contribution < -0.4 is 4.74 Å². The molecule has 0 saturated carbocycles. The summed E-state index contributed by atoms with van der Waals surface area (Å²) < 4.78 is 11.7. The smallest absolute Gasteiger partial charge is 0.408 e. The zero-order valence-electron chi connectivity index (χ0n) is 14.9. The Hall–Kier alpha value is -3.47. The van der Waals surface area contributed by atoms with E-state index in [-0.39, 0.29) is 23.9 Å². The summed E-state index contributed by atoms with van der Waals surface area (Å²) in [4.78, 5) is 22.3.